The second-order valence-electron chi connectivity index (χ2n) is 3.32. The summed E-state index contributed by atoms with van der Waals surface area (Å²) in [5, 5.41) is 8.88. The molecule has 0 unspecified atom stereocenters. The first-order valence-electron chi connectivity index (χ1n) is 4.82. The molecule has 0 heterocycles. The molecule has 0 saturated heterocycles. The molecule has 4 heteroatoms. The highest BCUT2D eigenvalue weighted by atomic mass is 127. The fourth-order valence-electron chi connectivity index (χ4n) is 1.34. The van der Waals surface area contributed by atoms with Crippen molar-refractivity contribution in [2.45, 2.75) is 0 Å². The zero-order valence-corrected chi connectivity index (χ0v) is 12.4. The number of benzene rings is 2. The van der Waals surface area contributed by atoms with Crippen LogP contribution in [0.2, 0.25) is 0 Å². The number of ether oxygens (including phenoxy) is 1. The lowest BCUT2D eigenvalue weighted by Gasteiger charge is -2.08. The lowest BCUT2D eigenvalue weighted by atomic mass is 10.2. The van der Waals surface area contributed by atoms with Crippen LogP contribution in [0.4, 0.5) is 0 Å². The Hall–Kier alpha value is -1.06. The van der Waals surface area contributed by atoms with Gasteiger partial charge >= 0.3 is 0 Å². The SMILES string of the molecule is N#Cc1cc(Br)cc(Oc2ccccc2I)c1. The van der Waals surface area contributed by atoms with E-state index in [1.54, 1.807) is 12.1 Å². The van der Waals surface area contributed by atoms with E-state index in [0.717, 1.165) is 13.8 Å². The number of nitrogens with zero attached hydrogens (tertiary/aromatic N) is 1. The number of nitriles is 1. The molecule has 0 fully saturated rings. The van der Waals surface area contributed by atoms with Crippen LogP contribution in [0.3, 0.4) is 0 Å². The normalized spacial score (nSPS) is 9.71. The Kier molecular flexibility index (Phi) is 4.02. The first-order chi connectivity index (χ1) is 8.19. The van der Waals surface area contributed by atoms with Crippen molar-refractivity contribution in [3.63, 3.8) is 0 Å². The Morgan fingerprint density at radius 3 is 2.65 bits per heavy atom. The molecule has 0 amide bonds. The molecule has 0 aliphatic heterocycles. The van der Waals surface area contributed by atoms with E-state index in [1.807, 2.05) is 30.3 Å². The van der Waals surface area contributed by atoms with Crippen molar-refractivity contribution in [2.24, 2.45) is 0 Å². The monoisotopic (exact) mass is 399 g/mol. The van der Waals surface area contributed by atoms with Crippen molar-refractivity contribution in [1.82, 2.24) is 0 Å². The summed E-state index contributed by atoms with van der Waals surface area (Å²) in [6.07, 6.45) is 0. The smallest absolute Gasteiger partial charge is 0.140 e. The molecular weight excluding hydrogens is 393 g/mol. The van der Waals surface area contributed by atoms with Crippen molar-refractivity contribution < 1.29 is 4.74 Å². The Morgan fingerprint density at radius 1 is 1.18 bits per heavy atom. The highest BCUT2D eigenvalue weighted by Gasteiger charge is 2.04. The van der Waals surface area contributed by atoms with E-state index in [4.69, 9.17) is 10.00 Å². The summed E-state index contributed by atoms with van der Waals surface area (Å²) >= 11 is 5.56. The summed E-state index contributed by atoms with van der Waals surface area (Å²) in [4.78, 5) is 0. The van der Waals surface area contributed by atoms with Crippen molar-refractivity contribution in [2.75, 3.05) is 0 Å². The molecule has 84 valence electrons. The van der Waals surface area contributed by atoms with Crippen LogP contribution in [0, 0.1) is 14.9 Å². The quantitative estimate of drug-likeness (QED) is 0.684. The van der Waals surface area contributed by atoms with E-state index < -0.39 is 0 Å². The first kappa shape index (κ1) is 12.4. The molecule has 2 aromatic carbocycles. The van der Waals surface area contributed by atoms with Gasteiger partial charge in [0, 0.05) is 4.47 Å². The maximum Gasteiger partial charge on any atom is 0.140 e. The molecule has 0 radical (unpaired) electrons. The number of hydrogen-bond donors (Lipinski definition) is 0. The van der Waals surface area contributed by atoms with Crippen LogP contribution in [-0.4, -0.2) is 0 Å². The lowest BCUT2D eigenvalue weighted by molar-refractivity contribution is 0.479. The number of halogens is 2. The third kappa shape index (κ3) is 3.20. The van der Waals surface area contributed by atoms with Gasteiger partial charge in [-0.25, -0.2) is 0 Å². The highest BCUT2D eigenvalue weighted by Crippen LogP contribution is 2.29. The minimum Gasteiger partial charge on any atom is -0.456 e. The minimum absolute atomic E-state index is 0.570. The van der Waals surface area contributed by atoms with Crippen molar-refractivity contribution >= 4 is 38.5 Å². The van der Waals surface area contributed by atoms with Gasteiger partial charge in [-0.1, -0.05) is 28.1 Å². The molecule has 0 aromatic heterocycles. The molecule has 0 spiro atoms. The molecule has 2 rings (SSSR count). The first-order valence-corrected chi connectivity index (χ1v) is 6.69. The van der Waals surface area contributed by atoms with Gasteiger partial charge in [-0.2, -0.15) is 5.26 Å². The van der Waals surface area contributed by atoms with E-state index in [0.29, 0.717) is 11.3 Å². The van der Waals surface area contributed by atoms with Crippen LogP contribution < -0.4 is 4.74 Å². The average Bonchev–Trinajstić information content (AvgIpc) is 2.31. The van der Waals surface area contributed by atoms with Crippen LogP contribution in [0.5, 0.6) is 11.5 Å². The molecule has 0 atom stereocenters. The number of rotatable bonds is 2. The van der Waals surface area contributed by atoms with Gasteiger partial charge in [-0.05, 0) is 52.9 Å². The Morgan fingerprint density at radius 2 is 1.94 bits per heavy atom. The third-order valence-corrected chi connectivity index (χ3v) is 3.41. The van der Waals surface area contributed by atoms with Crippen LogP contribution >= 0.6 is 38.5 Å². The standard InChI is InChI=1S/C13H7BrINO/c14-10-5-9(8-16)6-11(7-10)17-13-4-2-1-3-12(13)15/h1-7H. The van der Waals surface area contributed by atoms with Gasteiger partial charge < -0.3 is 4.74 Å². The van der Waals surface area contributed by atoms with Crippen LogP contribution in [0.25, 0.3) is 0 Å². The van der Waals surface area contributed by atoms with Crippen molar-refractivity contribution in [3.8, 4) is 17.6 Å². The Balaban J connectivity index is 2.34. The van der Waals surface area contributed by atoms with Gasteiger partial charge in [-0.15, -0.1) is 0 Å². The minimum atomic E-state index is 0.570. The highest BCUT2D eigenvalue weighted by molar-refractivity contribution is 14.1. The Bertz CT molecular complexity index is 592. The van der Waals surface area contributed by atoms with E-state index in [1.165, 1.54) is 0 Å². The summed E-state index contributed by atoms with van der Waals surface area (Å²) < 4.78 is 7.61. The second-order valence-corrected chi connectivity index (χ2v) is 5.40. The van der Waals surface area contributed by atoms with Crippen LogP contribution in [0.15, 0.2) is 46.9 Å². The van der Waals surface area contributed by atoms with Gasteiger partial charge in [-0.3, -0.25) is 0 Å². The van der Waals surface area contributed by atoms with Gasteiger partial charge in [0.1, 0.15) is 11.5 Å². The third-order valence-electron chi connectivity index (χ3n) is 2.06. The van der Waals surface area contributed by atoms with Crippen molar-refractivity contribution in [3.05, 3.63) is 56.1 Å². The molecule has 0 aliphatic rings. The summed E-state index contributed by atoms with van der Waals surface area (Å²) in [5.41, 5.74) is 0.570. The van der Waals surface area contributed by atoms with Gasteiger partial charge in [0.25, 0.3) is 0 Å². The fourth-order valence-corrected chi connectivity index (χ4v) is 2.31. The maximum atomic E-state index is 8.88. The summed E-state index contributed by atoms with van der Waals surface area (Å²) in [6, 6.07) is 15.1. The molecule has 0 aliphatic carbocycles. The molecular formula is C13H7BrINO. The largest absolute Gasteiger partial charge is 0.456 e. The molecule has 17 heavy (non-hydrogen) atoms. The van der Waals surface area contributed by atoms with E-state index in [-0.39, 0.29) is 0 Å². The summed E-state index contributed by atoms with van der Waals surface area (Å²) in [6.45, 7) is 0. The van der Waals surface area contributed by atoms with E-state index >= 15 is 0 Å². The molecule has 2 nitrogen and oxygen atoms in total. The molecule has 2 aromatic rings. The fraction of sp³-hybridized carbons (Fsp3) is 0. The van der Waals surface area contributed by atoms with Crippen LogP contribution in [0.1, 0.15) is 5.56 Å². The zero-order chi connectivity index (χ0) is 12.3. The number of hydrogen-bond acceptors (Lipinski definition) is 2. The topological polar surface area (TPSA) is 33.0 Å². The summed E-state index contributed by atoms with van der Waals surface area (Å²) in [7, 11) is 0. The van der Waals surface area contributed by atoms with Crippen molar-refractivity contribution in [1.29, 1.82) is 5.26 Å². The molecule has 0 saturated carbocycles. The average molecular weight is 400 g/mol. The lowest BCUT2D eigenvalue weighted by Crippen LogP contribution is -1.88. The Labute approximate surface area is 121 Å². The zero-order valence-electron chi connectivity index (χ0n) is 8.65. The van der Waals surface area contributed by atoms with Crippen LogP contribution in [-0.2, 0) is 0 Å². The van der Waals surface area contributed by atoms with Gasteiger partial charge in [0.05, 0.1) is 15.2 Å². The maximum absolute atomic E-state index is 8.88. The van der Waals surface area contributed by atoms with Gasteiger partial charge in [0.15, 0.2) is 0 Å². The predicted molar refractivity (Wildman–Crippen MR) is 78.1 cm³/mol. The molecule has 0 N–H and O–H groups in total. The predicted octanol–water partition coefficient (Wildman–Crippen LogP) is 4.72. The summed E-state index contributed by atoms with van der Waals surface area (Å²) in [5.74, 6) is 1.44. The second kappa shape index (κ2) is 5.52. The number of para-hydroxylation sites is 1. The van der Waals surface area contributed by atoms with Gasteiger partial charge in [0.2, 0.25) is 0 Å². The molecule has 0 bridgehead atoms. The van der Waals surface area contributed by atoms with E-state index in [2.05, 4.69) is 44.6 Å². The van der Waals surface area contributed by atoms with E-state index in [9.17, 15) is 0 Å².